The van der Waals surface area contributed by atoms with Gasteiger partial charge in [-0.3, -0.25) is 0 Å². The fourth-order valence-corrected chi connectivity index (χ4v) is 22.0. The van der Waals surface area contributed by atoms with E-state index < -0.39 is 122 Å². The van der Waals surface area contributed by atoms with Gasteiger partial charge in [-0.25, -0.2) is 18.3 Å². The first-order valence-electron chi connectivity index (χ1n) is 65.4. The number of fused-ring (bicyclic) bond motifs is 26. The highest BCUT2D eigenvalue weighted by Gasteiger charge is 2.43. The van der Waals surface area contributed by atoms with Crippen LogP contribution in [0.3, 0.4) is 0 Å². The molecule has 0 saturated heterocycles. The molecular weight excluding hydrogens is 1660 g/mol. The lowest BCUT2D eigenvalue weighted by molar-refractivity contribution is -0.661. The minimum Gasteiger partial charge on any atom is -0.455 e. The maximum Gasteiger partial charge on any atom is 0.216 e. The van der Waals surface area contributed by atoms with E-state index in [0.717, 1.165) is 88.0 Å². The highest BCUT2D eigenvalue weighted by atomic mass is 16.3. The number of hydrogen-bond acceptors (Lipinski definition) is 4. The molecule has 24 rings (SSSR count). The van der Waals surface area contributed by atoms with E-state index in [2.05, 4.69) is 50.2 Å². The Balaban J connectivity index is 0.000000132. The van der Waals surface area contributed by atoms with Crippen LogP contribution in [0.5, 0.6) is 0 Å². The van der Waals surface area contributed by atoms with Gasteiger partial charge < -0.3 is 17.7 Å². The standard InChI is InChI=1S/4C32H32NO/c1-18(2)25-17-33(7)28(14-20(25)4)30-19(3)12-13-22-24-15-27-23(16-29(24)34-31(22)30)21-10-8-9-11-26(21)32(27,5)6;1-18(2)25-17-33(7)28(14-20(25)4)30-19(3)12-13-22-24-15-23-21-10-8-9-11-26(21)32(5,6)27(23)16-29(24)34-31(22)30;1-18(2)24-17-33(7)26(16-20(24)4)28-19(3)12-13-23-29-27(34-31(23)28)15-14-22-21-10-8-9-11-25(21)32(5,6)30(22)29;1-18(2)25-17-33(7)27(16-20(25)4)28-19(3)12-13-23-24-15-14-22-21-10-8-9-11-26(21)32(5,6)29(22)31(24)34-30(23)28/h4*8-18H,1-7H3/q4*+1/i1D3,4D3,5D3,18D;1D3,4D3,5D3,6D3,18D;1D3,4D3,18D;1D3,4D3,5D3,18D. The second-order valence-electron chi connectivity index (χ2n) is 38.2. The molecule has 6 unspecified atom stereocenters. The summed E-state index contributed by atoms with van der Waals surface area (Å²) in [5.41, 5.74) is 17.3. The SMILES string of the molecule is [2H]C([2H])([2H])c1cc(-c2c(C)ccc3c2oc2c4c(ccc23)-c2ccccc2C4(C)C([2H])([2H])[2H])[n+](C)cc1C([2H])(C)C([2H])([2H])[2H].[2H]C([2H])([2H])c1cc(-c2c(C)ccc3c2oc2cc4c(cc23)-c2ccccc2C4(C([2H])([2H])[2H])C([2H])([2H])[2H])[n+](C)cc1C([2H])(C)C([2H])([2H])[2H].[2H]C([2H])([2H])c1cc(-c2c(C)ccc3c2oc2cc4c(cc23)C(C)(C([2H])([2H])[2H])c2ccccc2-4)[n+](C)cc1C([2H])(C)C([2H])([2H])[2H].[2H]C([2H])([2H])c1cc(-c2c(C)ccc3c2oc2ccc4c(c23)C(C)(C)c2ccccc2-4)[n+](C)cc1C([2H])(C)C([2H])([2H])[2H]. The Hall–Kier alpha value is -13.6. The molecule has 20 aromatic rings. The maximum atomic E-state index is 8.68. The summed E-state index contributed by atoms with van der Waals surface area (Å²) in [6, 6.07) is 66.3. The molecule has 0 N–H and O–H groups in total. The van der Waals surface area contributed by atoms with Crippen molar-refractivity contribution in [1.82, 2.24) is 0 Å². The molecule has 8 aromatic heterocycles. The van der Waals surface area contributed by atoms with Crippen LogP contribution in [0.25, 0.3) is 177 Å². The smallest absolute Gasteiger partial charge is 0.216 e. The maximum absolute atomic E-state index is 8.68. The van der Waals surface area contributed by atoms with Crippen molar-refractivity contribution < 1.29 is 90.8 Å². The van der Waals surface area contributed by atoms with Crippen LogP contribution in [-0.2, 0) is 49.9 Å². The van der Waals surface area contributed by atoms with Crippen LogP contribution in [0.4, 0.5) is 0 Å². The molecule has 0 saturated carbocycles. The van der Waals surface area contributed by atoms with Gasteiger partial charge in [0.25, 0.3) is 0 Å². The van der Waals surface area contributed by atoms with Gasteiger partial charge in [0.05, 0.1) is 22.3 Å². The second kappa shape index (κ2) is 32.1. The molecule has 8 heterocycles. The second-order valence-corrected chi connectivity index (χ2v) is 38.2. The molecule has 136 heavy (non-hydrogen) atoms. The molecule has 4 aliphatic rings. The molecular formula is C128H128N4O4+4. The first kappa shape index (κ1) is 54.3. The lowest BCUT2D eigenvalue weighted by atomic mass is 9.80. The zero-order valence-corrected chi connectivity index (χ0v) is 78.5. The van der Waals surface area contributed by atoms with Gasteiger partial charge in [0.2, 0.25) is 22.8 Å². The minimum atomic E-state index is -2.94. The van der Waals surface area contributed by atoms with E-state index in [1.165, 1.54) is 105 Å². The number of furan rings is 4. The molecule has 8 heteroatoms. The number of rotatable bonds is 8. The molecule has 680 valence electrons. The van der Waals surface area contributed by atoms with Gasteiger partial charge in [-0.1, -0.05) is 268 Å². The minimum absolute atomic E-state index is 0.0458. The monoisotopic (exact) mass is 1830 g/mol. The van der Waals surface area contributed by atoms with E-state index in [1.807, 2.05) is 149 Å². The third kappa shape index (κ3) is 13.5. The summed E-state index contributed by atoms with van der Waals surface area (Å²) < 4.78 is 364. The molecule has 0 radical (unpaired) electrons. The number of aryl methyl sites for hydroxylation is 12. The molecule has 0 bridgehead atoms. The van der Waals surface area contributed by atoms with Crippen molar-refractivity contribution in [2.75, 3.05) is 0 Å². The topological polar surface area (TPSA) is 68.1 Å². The number of nitrogens with zero attached hydrogens (tertiary/aromatic N) is 4. The summed E-state index contributed by atoms with van der Waals surface area (Å²) in [5, 5.41) is 6.16. The van der Waals surface area contributed by atoms with Crippen molar-refractivity contribution in [1.29, 1.82) is 0 Å². The van der Waals surface area contributed by atoms with E-state index in [1.54, 1.807) is 90.6 Å². The Bertz CT molecular complexity index is 10300. The van der Waals surface area contributed by atoms with Crippen LogP contribution in [0.2, 0.25) is 0 Å². The van der Waals surface area contributed by atoms with Crippen molar-refractivity contribution in [2.45, 2.75) is 211 Å². The Morgan fingerprint density at radius 1 is 0.265 bits per heavy atom. The van der Waals surface area contributed by atoms with Gasteiger partial charge >= 0.3 is 0 Å². The Morgan fingerprint density at radius 2 is 0.588 bits per heavy atom. The van der Waals surface area contributed by atoms with E-state index in [0.29, 0.717) is 117 Å². The predicted octanol–water partition coefficient (Wildman–Crippen LogP) is 32.5. The first-order chi connectivity index (χ1) is 80.8. The molecule has 6 atom stereocenters. The molecule has 8 nitrogen and oxygen atoms in total. The van der Waals surface area contributed by atoms with Crippen LogP contribution in [0, 0.1) is 55.1 Å². The third-order valence-electron chi connectivity index (χ3n) is 28.8. The normalized spacial score (nSPS) is 22.8. The van der Waals surface area contributed by atoms with Crippen LogP contribution in [0.15, 0.2) is 261 Å². The zero-order valence-electron chi connectivity index (χ0n) is 119. The molecule has 12 aromatic carbocycles. The number of hydrogen-bond donors (Lipinski definition) is 0. The fourth-order valence-electron chi connectivity index (χ4n) is 22.0. The van der Waals surface area contributed by atoms with Crippen molar-refractivity contribution in [2.24, 2.45) is 28.2 Å². The number of benzene rings is 12. The Labute approximate surface area is 858 Å². The van der Waals surface area contributed by atoms with Gasteiger partial charge in [-0.2, -0.15) is 0 Å². The molecule has 0 spiro atoms. The highest BCUT2D eigenvalue weighted by molar-refractivity contribution is 6.17. The van der Waals surface area contributed by atoms with Gasteiger partial charge in [0.1, 0.15) is 72.9 Å². The molecule has 4 aliphatic carbocycles. The lowest BCUT2D eigenvalue weighted by Gasteiger charge is -2.22. The van der Waals surface area contributed by atoms with E-state index in [9.17, 15) is 0 Å². The quantitative estimate of drug-likeness (QED) is 0.142. The van der Waals surface area contributed by atoms with Crippen LogP contribution < -0.4 is 18.3 Å². The van der Waals surface area contributed by atoms with Crippen LogP contribution >= 0.6 is 0 Å². The summed E-state index contributed by atoms with van der Waals surface area (Å²) in [4.78, 5) is 0. The molecule has 0 fully saturated rings. The number of aromatic nitrogens is 4. The zero-order chi connectivity index (χ0) is 129. The average molecular weight is 1830 g/mol. The summed E-state index contributed by atoms with van der Waals surface area (Å²) >= 11 is 0. The Morgan fingerprint density at radius 3 is 1.02 bits per heavy atom. The highest BCUT2D eigenvalue weighted by Crippen LogP contribution is 2.58. The molecule has 0 amide bonds. The van der Waals surface area contributed by atoms with Crippen molar-refractivity contribution in [3.63, 3.8) is 0 Å². The van der Waals surface area contributed by atoms with Crippen LogP contribution in [-0.4, -0.2) is 0 Å². The summed E-state index contributed by atoms with van der Waals surface area (Å²) in [5.74, 6) is -8.68. The summed E-state index contributed by atoms with van der Waals surface area (Å²) in [6.45, 7) is -12.1. The third-order valence-corrected chi connectivity index (χ3v) is 28.8. The van der Waals surface area contributed by atoms with Gasteiger partial charge in [-0.05, 0) is 243 Å². The van der Waals surface area contributed by atoms with Gasteiger partial charge in [0.15, 0.2) is 24.8 Å². The summed E-state index contributed by atoms with van der Waals surface area (Å²) in [6.07, 6.45) is 5.68. The van der Waals surface area contributed by atoms with E-state index in [4.69, 9.17) is 72.5 Å². The van der Waals surface area contributed by atoms with E-state index >= 15 is 0 Å². The summed E-state index contributed by atoms with van der Waals surface area (Å²) in [7, 11) is 6.74. The average Bonchev–Trinajstić information content (AvgIpc) is 1.51. The van der Waals surface area contributed by atoms with Crippen molar-refractivity contribution in [3.05, 3.63) is 354 Å². The number of pyridine rings is 4. The lowest BCUT2D eigenvalue weighted by Crippen LogP contribution is -2.32. The largest absolute Gasteiger partial charge is 0.455 e. The predicted molar refractivity (Wildman–Crippen MR) is 566 cm³/mol. The van der Waals surface area contributed by atoms with Crippen LogP contribution in [0.1, 0.15) is 300 Å². The van der Waals surface area contributed by atoms with Crippen molar-refractivity contribution in [3.8, 4) is 89.5 Å². The molecule has 0 aliphatic heterocycles. The van der Waals surface area contributed by atoms with Crippen molar-refractivity contribution >= 4 is 87.8 Å². The van der Waals surface area contributed by atoms with E-state index in [-0.39, 0.29) is 66.6 Å². The van der Waals surface area contributed by atoms with Gasteiger partial charge in [0, 0.05) is 172 Å². The van der Waals surface area contributed by atoms with Gasteiger partial charge in [-0.15, -0.1) is 0 Å². The Kier molecular flexibility index (Phi) is 12.8. The fraction of sp³-hybridized carbons (Fsp3) is 0.281. The first-order valence-corrected chi connectivity index (χ1v) is 45.4.